The molecule has 2 aliphatic rings. The Morgan fingerprint density at radius 2 is 1.94 bits per heavy atom. The van der Waals surface area contributed by atoms with Crippen LogP contribution in [0.1, 0.15) is 12.8 Å². The predicted octanol–water partition coefficient (Wildman–Crippen LogP) is 2.03. The van der Waals surface area contributed by atoms with Crippen LogP contribution in [0.5, 0.6) is 11.5 Å². The van der Waals surface area contributed by atoms with E-state index in [1.165, 1.54) is 12.1 Å². The molecule has 0 bridgehead atoms. The number of rotatable bonds is 5. The minimum Gasteiger partial charge on any atom is -0.454 e. The largest absolute Gasteiger partial charge is 0.454 e. The van der Waals surface area contributed by atoms with E-state index >= 15 is 0 Å². The monoisotopic (exact) mass is 481 g/mol. The number of H-pyrrole nitrogens is 1. The number of fused-ring (bicyclic) bond motifs is 2. The van der Waals surface area contributed by atoms with Crippen molar-refractivity contribution in [2.45, 2.75) is 23.8 Å². The maximum Gasteiger partial charge on any atom is 0.240 e. The number of piperidine rings is 1. The van der Waals surface area contributed by atoms with Crippen LogP contribution in [0.2, 0.25) is 0 Å². The molecule has 2 N–H and O–H groups in total. The first-order valence-electron chi connectivity index (χ1n) is 11.0. The number of aromatic nitrogens is 5. The van der Waals surface area contributed by atoms with Crippen LogP contribution in [-0.2, 0) is 17.1 Å². The van der Waals surface area contributed by atoms with Gasteiger partial charge in [0.25, 0.3) is 0 Å². The van der Waals surface area contributed by atoms with Crippen LogP contribution in [0, 0.1) is 0 Å². The van der Waals surface area contributed by atoms with E-state index in [0.29, 0.717) is 37.4 Å². The zero-order valence-electron chi connectivity index (χ0n) is 18.4. The molecule has 0 aliphatic carbocycles. The maximum absolute atomic E-state index is 12.9. The van der Waals surface area contributed by atoms with Gasteiger partial charge in [0.2, 0.25) is 16.8 Å². The Kier molecular flexibility index (Phi) is 4.92. The van der Waals surface area contributed by atoms with Crippen LogP contribution >= 0.6 is 0 Å². The second-order valence-electron chi connectivity index (χ2n) is 8.44. The zero-order valence-corrected chi connectivity index (χ0v) is 19.2. The number of anilines is 1. The molecule has 34 heavy (non-hydrogen) atoms. The molecule has 0 spiro atoms. The third kappa shape index (κ3) is 3.74. The van der Waals surface area contributed by atoms with Crippen LogP contribution in [-0.4, -0.2) is 59.1 Å². The summed E-state index contributed by atoms with van der Waals surface area (Å²) in [5.74, 6) is 1.84. The summed E-state index contributed by atoms with van der Waals surface area (Å²) >= 11 is 0. The number of aromatic amines is 1. The fraction of sp³-hybridized carbons (Fsp3) is 0.318. The fourth-order valence-electron chi connectivity index (χ4n) is 4.44. The van der Waals surface area contributed by atoms with Gasteiger partial charge >= 0.3 is 0 Å². The van der Waals surface area contributed by atoms with Crippen molar-refractivity contribution in [2.75, 3.05) is 24.8 Å². The summed E-state index contributed by atoms with van der Waals surface area (Å²) in [5.41, 5.74) is 2.66. The van der Waals surface area contributed by atoms with Gasteiger partial charge in [-0.1, -0.05) is 0 Å². The number of hydrogen-bond acceptors (Lipinski definition) is 8. The highest BCUT2D eigenvalue weighted by atomic mass is 32.2. The molecule has 0 unspecified atom stereocenters. The van der Waals surface area contributed by atoms with E-state index in [2.05, 4.69) is 29.7 Å². The Balaban J connectivity index is 1.17. The number of nitrogens with zero attached hydrogens (tertiary/aromatic N) is 5. The van der Waals surface area contributed by atoms with E-state index in [1.807, 2.05) is 19.3 Å². The van der Waals surface area contributed by atoms with Gasteiger partial charge in [-0.15, -0.1) is 0 Å². The maximum atomic E-state index is 12.9. The van der Waals surface area contributed by atoms with Crippen LogP contribution in [0.15, 0.2) is 47.9 Å². The van der Waals surface area contributed by atoms with Gasteiger partial charge in [0.05, 0.1) is 22.2 Å². The quantitative estimate of drug-likeness (QED) is 0.443. The second-order valence-corrected chi connectivity index (χ2v) is 10.2. The van der Waals surface area contributed by atoms with E-state index in [-0.39, 0.29) is 17.7 Å². The van der Waals surface area contributed by atoms with Crippen LogP contribution < -0.4 is 19.1 Å². The minimum atomic E-state index is -3.67. The summed E-state index contributed by atoms with van der Waals surface area (Å²) in [6.07, 6.45) is 6.62. The molecule has 3 aromatic heterocycles. The molecule has 5 heterocycles. The topological polar surface area (TPSA) is 127 Å². The second kappa shape index (κ2) is 7.99. The zero-order chi connectivity index (χ0) is 23.3. The van der Waals surface area contributed by atoms with E-state index in [9.17, 15) is 8.42 Å². The molecule has 4 aromatic rings. The third-order valence-electron chi connectivity index (χ3n) is 6.19. The Labute approximate surface area is 195 Å². The molecule has 0 radical (unpaired) electrons. The van der Waals surface area contributed by atoms with Gasteiger partial charge < -0.3 is 19.4 Å². The lowest BCUT2D eigenvalue weighted by atomic mass is 10.1. The number of sulfonamides is 1. The number of benzene rings is 1. The Bertz CT molecular complexity index is 1470. The Morgan fingerprint density at radius 3 is 2.74 bits per heavy atom. The van der Waals surface area contributed by atoms with Gasteiger partial charge in [-0.2, -0.15) is 5.10 Å². The molecule has 0 saturated carbocycles. The molecule has 0 amide bonds. The first kappa shape index (κ1) is 20.9. The molecule has 176 valence electrons. The van der Waals surface area contributed by atoms with Crippen molar-refractivity contribution in [3.63, 3.8) is 0 Å². The summed E-state index contributed by atoms with van der Waals surface area (Å²) in [4.78, 5) is 14.6. The molecular weight excluding hydrogens is 458 g/mol. The molecule has 1 aromatic carbocycles. The van der Waals surface area contributed by atoms with E-state index < -0.39 is 10.0 Å². The molecule has 6 rings (SSSR count). The van der Waals surface area contributed by atoms with Gasteiger partial charge in [-0.05, 0) is 31.0 Å². The normalized spacial score (nSPS) is 16.4. The van der Waals surface area contributed by atoms with Crippen LogP contribution in [0.3, 0.4) is 0 Å². The highest BCUT2D eigenvalue weighted by Gasteiger charge is 2.27. The lowest BCUT2D eigenvalue weighted by Crippen LogP contribution is -2.44. The van der Waals surface area contributed by atoms with Crippen molar-refractivity contribution < 1.29 is 17.9 Å². The molecule has 11 nitrogen and oxygen atoms in total. The molecule has 1 fully saturated rings. The lowest BCUT2D eigenvalue weighted by Gasteiger charge is -2.33. The molecule has 0 atom stereocenters. The highest BCUT2D eigenvalue weighted by Crippen LogP contribution is 2.34. The molecular formula is C22H23N7O4S. The van der Waals surface area contributed by atoms with Crippen molar-refractivity contribution in [1.82, 2.24) is 29.5 Å². The third-order valence-corrected chi connectivity index (χ3v) is 7.71. The SMILES string of the molecule is Cn1cc(-c2cc3c(N4CCC(NS(=O)(=O)c5ccc6c(c5)OCO6)CC4)ncnc3[nH]2)cn1. The van der Waals surface area contributed by atoms with Gasteiger partial charge in [-0.3, -0.25) is 4.68 Å². The standard InChI is InChI=1S/C22H23N7O4S/c1-28-11-14(10-25-28)18-9-17-21(26-18)23-12-24-22(17)29-6-4-15(5-7-29)27-34(30,31)16-2-3-19-20(8-16)33-13-32-19/h2-3,8-12,15,27H,4-7,13H2,1H3,(H,23,24,26). The summed E-state index contributed by atoms with van der Waals surface area (Å²) in [5, 5.41) is 5.16. The number of nitrogens with one attached hydrogen (secondary N) is 2. The average molecular weight is 482 g/mol. The van der Waals surface area contributed by atoms with Crippen molar-refractivity contribution in [1.29, 1.82) is 0 Å². The average Bonchev–Trinajstić information content (AvgIpc) is 3.57. The predicted molar refractivity (Wildman–Crippen MR) is 124 cm³/mol. The first-order chi connectivity index (χ1) is 16.5. The van der Waals surface area contributed by atoms with Crippen LogP contribution in [0.25, 0.3) is 22.3 Å². The number of aryl methyl sites for hydroxylation is 1. The number of hydrogen-bond donors (Lipinski definition) is 2. The Hall–Kier alpha value is -3.64. The van der Waals surface area contributed by atoms with E-state index in [4.69, 9.17) is 9.47 Å². The van der Waals surface area contributed by atoms with Crippen LogP contribution in [0.4, 0.5) is 5.82 Å². The summed E-state index contributed by atoms with van der Waals surface area (Å²) in [7, 11) is -1.79. The van der Waals surface area contributed by atoms with Gasteiger partial charge in [-0.25, -0.2) is 23.1 Å². The van der Waals surface area contributed by atoms with Crippen molar-refractivity contribution in [3.05, 3.63) is 43.0 Å². The summed E-state index contributed by atoms with van der Waals surface area (Å²) in [6, 6.07) is 6.53. The smallest absolute Gasteiger partial charge is 0.240 e. The summed E-state index contributed by atoms with van der Waals surface area (Å²) in [6.45, 7) is 1.45. The van der Waals surface area contributed by atoms with E-state index in [1.54, 1.807) is 23.3 Å². The van der Waals surface area contributed by atoms with Crippen molar-refractivity contribution in [2.24, 2.45) is 7.05 Å². The first-order valence-corrected chi connectivity index (χ1v) is 12.4. The van der Waals surface area contributed by atoms with Gasteiger partial charge in [0.15, 0.2) is 11.5 Å². The summed E-state index contributed by atoms with van der Waals surface area (Å²) < 4.78 is 41.0. The Morgan fingerprint density at radius 1 is 1.12 bits per heavy atom. The van der Waals surface area contributed by atoms with Gasteiger partial charge in [0.1, 0.15) is 17.8 Å². The number of ether oxygens (including phenoxy) is 2. The van der Waals surface area contributed by atoms with Gasteiger partial charge in [0, 0.05) is 44.0 Å². The molecule has 12 heteroatoms. The fourth-order valence-corrected chi connectivity index (χ4v) is 5.76. The van der Waals surface area contributed by atoms with E-state index in [0.717, 1.165) is 28.1 Å². The lowest BCUT2D eigenvalue weighted by molar-refractivity contribution is 0.174. The minimum absolute atomic E-state index is 0.103. The molecule has 2 aliphatic heterocycles. The van der Waals surface area contributed by atoms with Crippen molar-refractivity contribution in [3.8, 4) is 22.8 Å². The van der Waals surface area contributed by atoms with Crippen molar-refractivity contribution >= 4 is 26.9 Å². The highest BCUT2D eigenvalue weighted by molar-refractivity contribution is 7.89. The molecule has 1 saturated heterocycles.